The molecule has 0 aromatic heterocycles. The van der Waals surface area contributed by atoms with E-state index in [4.69, 9.17) is 11.5 Å². The van der Waals surface area contributed by atoms with Gasteiger partial charge in [0.1, 0.15) is 6.04 Å². The molecular weight excluding hydrogens is 240 g/mol. The number of carbonyl (C=O) groups excluding carboxylic acids is 1. The van der Waals surface area contributed by atoms with Crippen LogP contribution in [0.15, 0.2) is 0 Å². The van der Waals surface area contributed by atoms with Crippen LogP contribution in [-0.2, 0) is 4.79 Å². The number of terminal acetylenes is 1. The molecule has 1 heterocycles. The van der Waals surface area contributed by atoms with Crippen molar-refractivity contribution in [1.29, 1.82) is 0 Å². The molecule has 0 aliphatic carbocycles. The van der Waals surface area contributed by atoms with Crippen LogP contribution in [0.5, 0.6) is 0 Å². The summed E-state index contributed by atoms with van der Waals surface area (Å²) in [5.74, 6) is 2.70. The van der Waals surface area contributed by atoms with Crippen LogP contribution in [0.25, 0.3) is 0 Å². The summed E-state index contributed by atoms with van der Waals surface area (Å²) < 4.78 is 0. The van der Waals surface area contributed by atoms with Gasteiger partial charge in [0.2, 0.25) is 0 Å². The molecule has 0 saturated carbocycles. The molecule has 2 amide bonds. The van der Waals surface area contributed by atoms with Crippen molar-refractivity contribution in [1.82, 2.24) is 10.2 Å². The number of urea groups is 1. The predicted molar refractivity (Wildman–Crippen MR) is 66.9 cm³/mol. The molecule has 0 aromatic rings. The lowest BCUT2D eigenvalue weighted by atomic mass is 10.2. The summed E-state index contributed by atoms with van der Waals surface area (Å²) in [6.45, 7) is 2.25. The van der Waals surface area contributed by atoms with Gasteiger partial charge in [0.15, 0.2) is 0 Å². The first kappa shape index (κ1) is 13.7. The second kappa shape index (κ2) is 6.40. The van der Waals surface area contributed by atoms with E-state index in [1.54, 1.807) is 18.7 Å². The number of hydrogen-bond acceptors (Lipinski definition) is 3. The fraction of sp³-hybridized carbons (Fsp3) is 0.636. The molecule has 1 aliphatic heterocycles. The van der Waals surface area contributed by atoms with Crippen LogP contribution in [0.3, 0.4) is 0 Å². The Morgan fingerprint density at radius 2 is 2.41 bits per heavy atom. The van der Waals surface area contributed by atoms with Gasteiger partial charge in [0.05, 0.1) is 0 Å². The van der Waals surface area contributed by atoms with Gasteiger partial charge in [0.25, 0.3) is 0 Å². The molecule has 0 radical (unpaired) electrons. The van der Waals surface area contributed by atoms with Crippen molar-refractivity contribution in [2.75, 3.05) is 18.1 Å². The zero-order valence-electron chi connectivity index (χ0n) is 9.68. The Morgan fingerprint density at radius 3 is 3.00 bits per heavy atom. The van der Waals surface area contributed by atoms with E-state index in [-0.39, 0.29) is 12.1 Å². The van der Waals surface area contributed by atoms with E-state index in [2.05, 4.69) is 11.2 Å². The molecule has 2 unspecified atom stereocenters. The monoisotopic (exact) mass is 256 g/mol. The molecule has 0 spiro atoms. The topological polar surface area (TPSA) is 69.6 Å². The number of rotatable bonds is 3. The number of nitrogens with zero attached hydrogens (tertiary/aromatic N) is 1. The van der Waals surface area contributed by atoms with Crippen LogP contribution in [0.4, 0.5) is 4.79 Å². The second-order valence-corrected chi connectivity index (χ2v) is 5.03. The third-order valence-corrected chi connectivity index (χ3v) is 3.49. The molecule has 94 valence electrons. The summed E-state index contributed by atoms with van der Waals surface area (Å²) in [5.41, 5.74) is 0. The van der Waals surface area contributed by atoms with E-state index >= 15 is 0 Å². The first-order valence-corrected chi connectivity index (χ1v) is 6.53. The number of aliphatic carboxylic acids is 1. The Kier molecular flexibility index (Phi) is 5.16. The van der Waals surface area contributed by atoms with Gasteiger partial charge in [-0.05, 0) is 6.92 Å². The van der Waals surface area contributed by atoms with Crippen molar-refractivity contribution in [3.05, 3.63) is 0 Å². The van der Waals surface area contributed by atoms with Gasteiger partial charge in [-0.15, -0.1) is 12.3 Å². The fourth-order valence-electron chi connectivity index (χ4n) is 1.57. The molecule has 1 saturated heterocycles. The lowest BCUT2D eigenvalue weighted by Crippen LogP contribution is -2.55. The van der Waals surface area contributed by atoms with Crippen molar-refractivity contribution in [2.24, 2.45) is 0 Å². The van der Waals surface area contributed by atoms with E-state index in [0.29, 0.717) is 18.7 Å². The van der Waals surface area contributed by atoms with Crippen LogP contribution < -0.4 is 5.32 Å². The highest BCUT2D eigenvalue weighted by Crippen LogP contribution is 2.16. The maximum absolute atomic E-state index is 11.9. The van der Waals surface area contributed by atoms with E-state index in [9.17, 15) is 9.59 Å². The molecule has 6 heteroatoms. The van der Waals surface area contributed by atoms with Gasteiger partial charge >= 0.3 is 12.0 Å². The van der Waals surface area contributed by atoms with Crippen LogP contribution in [0.2, 0.25) is 0 Å². The Labute approximate surface area is 105 Å². The SMILES string of the molecule is C#CCC(C)NC(=O)N1CCSCC1C(=O)O. The molecule has 2 N–H and O–H groups in total. The average Bonchev–Trinajstić information content (AvgIpc) is 2.29. The molecule has 2 atom stereocenters. The number of carboxylic acids is 1. The van der Waals surface area contributed by atoms with Gasteiger partial charge < -0.3 is 15.3 Å². The van der Waals surface area contributed by atoms with Gasteiger partial charge in [-0.1, -0.05) is 0 Å². The highest BCUT2D eigenvalue weighted by Gasteiger charge is 2.32. The highest BCUT2D eigenvalue weighted by molar-refractivity contribution is 7.99. The Bertz CT molecular complexity index is 340. The minimum atomic E-state index is -0.961. The number of carbonyl (C=O) groups is 2. The molecular formula is C11H16N2O3S. The maximum atomic E-state index is 11.9. The van der Waals surface area contributed by atoms with Crippen LogP contribution in [0, 0.1) is 12.3 Å². The number of carboxylic acid groups (broad SMARTS) is 1. The second-order valence-electron chi connectivity index (χ2n) is 3.88. The summed E-state index contributed by atoms with van der Waals surface area (Å²) in [6, 6.07) is -1.23. The molecule has 5 nitrogen and oxygen atoms in total. The van der Waals surface area contributed by atoms with Crippen molar-refractivity contribution < 1.29 is 14.7 Å². The summed E-state index contributed by atoms with van der Waals surface area (Å²) in [6.07, 6.45) is 5.58. The van der Waals surface area contributed by atoms with Crippen molar-refractivity contribution in [3.63, 3.8) is 0 Å². The summed E-state index contributed by atoms with van der Waals surface area (Å²) >= 11 is 1.55. The first-order valence-electron chi connectivity index (χ1n) is 5.37. The molecule has 1 aliphatic rings. The zero-order chi connectivity index (χ0) is 12.8. The largest absolute Gasteiger partial charge is 0.480 e. The average molecular weight is 256 g/mol. The Morgan fingerprint density at radius 1 is 1.71 bits per heavy atom. The van der Waals surface area contributed by atoms with Crippen LogP contribution in [0.1, 0.15) is 13.3 Å². The third-order valence-electron chi connectivity index (χ3n) is 2.47. The smallest absolute Gasteiger partial charge is 0.327 e. The van der Waals surface area contributed by atoms with E-state index in [1.807, 2.05) is 0 Å². The minimum absolute atomic E-state index is 0.142. The van der Waals surface area contributed by atoms with Crippen molar-refractivity contribution in [2.45, 2.75) is 25.4 Å². The predicted octanol–water partition coefficient (Wildman–Crippen LogP) is 0.610. The lowest BCUT2D eigenvalue weighted by molar-refractivity contribution is -0.141. The molecule has 1 fully saturated rings. The summed E-state index contributed by atoms with van der Waals surface area (Å²) in [5, 5.41) is 11.7. The fourth-order valence-corrected chi connectivity index (χ4v) is 2.61. The molecule has 0 aromatic carbocycles. The van der Waals surface area contributed by atoms with Crippen LogP contribution in [-0.4, -0.2) is 52.1 Å². The molecule has 0 bridgehead atoms. The van der Waals surface area contributed by atoms with Gasteiger partial charge in [-0.3, -0.25) is 0 Å². The molecule has 17 heavy (non-hydrogen) atoms. The van der Waals surface area contributed by atoms with Gasteiger partial charge in [0, 0.05) is 30.5 Å². The molecule has 1 rings (SSSR count). The third kappa shape index (κ3) is 3.86. The number of amides is 2. The normalized spacial score (nSPS) is 21.4. The van der Waals surface area contributed by atoms with E-state index in [1.165, 1.54) is 4.90 Å². The van der Waals surface area contributed by atoms with E-state index < -0.39 is 12.0 Å². The van der Waals surface area contributed by atoms with Crippen LogP contribution >= 0.6 is 11.8 Å². The van der Waals surface area contributed by atoms with E-state index in [0.717, 1.165) is 5.75 Å². The zero-order valence-corrected chi connectivity index (χ0v) is 10.5. The summed E-state index contributed by atoms with van der Waals surface area (Å²) in [7, 11) is 0. The quantitative estimate of drug-likeness (QED) is 0.726. The minimum Gasteiger partial charge on any atom is -0.480 e. The number of thioether (sulfide) groups is 1. The Balaban J connectivity index is 2.59. The standard InChI is InChI=1S/C11H16N2O3S/c1-3-4-8(2)12-11(16)13-5-6-17-7-9(13)10(14)15/h1,8-9H,4-7H2,2H3,(H,12,16)(H,14,15). The maximum Gasteiger partial charge on any atom is 0.327 e. The van der Waals surface area contributed by atoms with Gasteiger partial charge in [-0.25, -0.2) is 9.59 Å². The lowest BCUT2D eigenvalue weighted by Gasteiger charge is -2.33. The highest BCUT2D eigenvalue weighted by atomic mass is 32.2. The van der Waals surface area contributed by atoms with Crippen molar-refractivity contribution >= 4 is 23.8 Å². The number of hydrogen-bond donors (Lipinski definition) is 2. The first-order chi connectivity index (χ1) is 8.06. The van der Waals surface area contributed by atoms with Gasteiger partial charge in [-0.2, -0.15) is 11.8 Å². The van der Waals surface area contributed by atoms with Crippen molar-refractivity contribution in [3.8, 4) is 12.3 Å². The Hall–Kier alpha value is -1.35. The number of nitrogens with one attached hydrogen (secondary N) is 1. The summed E-state index contributed by atoms with van der Waals surface area (Å²) in [4.78, 5) is 24.3.